The van der Waals surface area contributed by atoms with Crippen molar-refractivity contribution in [3.8, 4) is 11.5 Å². The minimum Gasteiger partial charge on any atom is -0.497 e. The number of methoxy groups -OCH3 is 2. The molecule has 1 aliphatic rings. The van der Waals surface area contributed by atoms with Gasteiger partial charge in [-0.3, -0.25) is 0 Å². The molecule has 1 saturated heterocycles. The molecule has 2 aromatic rings. The second-order valence-corrected chi connectivity index (χ2v) is 6.22. The molecule has 0 spiro atoms. The topological polar surface area (TPSA) is 77.0 Å². The number of nitrogens with zero attached hydrogens (tertiary/aromatic N) is 2. The van der Waals surface area contributed by atoms with Gasteiger partial charge in [0.15, 0.2) is 10.2 Å². The van der Waals surface area contributed by atoms with Crippen LogP contribution in [0.1, 0.15) is 0 Å². The molecule has 0 saturated carbocycles. The number of anilines is 2. The summed E-state index contributed by atoms with van der Waals surface area (Å²) in [6, 6.07) is 15.9. The lowest BCUT2D eigenvalue weighted by Crippen LogP contribution is -2.31. The van der Waals surface area contributed by atoms with E-state index in [0.717, 1.165) is 41.1 Å². The molecule has 0 unspecified atom stereocenters. The van der Waals surface area contributed by atoms with Gasteiger partial charge in [0.05, 0.1) is 14.2 Å². The largest absolute Gasteiger partial charge is 0.497 e. The van der Waals surface area contributed by atoms with Gasteiger partial charge in [-0.05, 0) is 73.0 Å². The van der Waals surface area contributed by atoms with Crippen LogP contribution < -0.4 is 30.7 Å². The van der Waals surface area contributed by atoms with Crippen LogP contribution in [0.3, 0.4) is 0 Å². The van der Waals surface area contributed by atoms with Gasteiger partial charge in [-0.1, -0.05) is 0 Å². The van der Waals surface area contributed by atoms with Crippen LogP contribution in [0.4, 0.5) is 11.4 Å². The first kappa shape index (κ1) is 19.7. The molecular formula is C18H22N4O2S2. The second-order valence-electron chi connectivity index (χ2n) is 5.38. The van der Waals surface area contributed by atoms with Crippen molar-refractivity contribution in [3.63, 3.8) is 0 Å². The van der Waals surface area contributed by atoms with Gasteiger partial charge in [0, 0.05) is 24.5 Å². The highest BCUT2D eigenvalue weighted by Crippen LogP contribution is 2.27. The Kier molecular flexibility index (Phi) is 6.99. The van der Waals surface area contributed by atoms with Crippen molar-refractivity contribution in [1.82, 2.24) is 0 Å². The minimum atomic E-state index is 0.000000000000000222. The van der Waals surface area contributed by atoms with Crippen LogP contribution >= 0.6 is 24.4 Å². The van der Waals surface area contributed by atoms with Gasteiger partial charge in [-0.25, -0.2) is 0 Å². The van der Waals surface area contributed by atoms with Gasteiger partial charge in [0.2, 0.25) is 0 Å². The molecule has 0 aromatic heterocycles. The maximum Gasteiger partial charge on any atom is 0.180 e. The molecule has 2 aromatic carbocycles. The summed E-state index contributed by atoms with van der Waals surface area (Å²) in [5.41, 5.74) is 11.4. The Morgan fingerprint density at radius 1 is 0.808 bits per heavy atom. The number of nitrogens with two attached hydrogens (primary N) is 2. The molecule has 0 radical (unpaired) electrons. The fourth-order valence-corrected chi connectivity index (χ4v) is 2.93. The van der Waals surface area contributed by atoms with Crippen LogP contribution in [0.15, 0.2) is 48.5 Å². The third-order valence-corrected chi connectivity index (χ3v) is 4.22. The monoisotopic (exact) mass is 390 g/mol. The van der Waals surface area contributed by atoms with E-state index >= 15 is 0 Å². The summed E-state index contributed by atoms with van der Waals surface area (Å²) in [4.78, 5) is 4.28. The predicted octanol–water partition coefficient (Wildman–Crippen LogP) is 2.50. The SMILES string of the molecule is COc1ccc(N2CCN(c3ccc(OC)cc3)C2=S)cc1.NC(N)=S. The number of thiocarbonyl (C=S) groups is 2. The van der Waals surface area contributed by atoms with Gasteiger partial charge in [0.1, 0.15) is 11.5 Å². The standard InChI is InChI=1S/C17H18N2O2S.CH4N2S/c1-20-15-7-3-13(4-8-15)18-11-12-19(17(18)22)14-5-9-16(21-2)10-6-14;2-1(3)4/h3-10H,11-12H2,1-2H3;(H4,2,3,4). The first-order chi connectivity index (χ1) is 12.5. The van der Waals surface area contributed by atoms with Gasteiger partial charge in [0.25, 0.3) is 0 Å². The summed E-state index contributed by atoms with van der Waals surface area (Å²) in [6.07, 6.45) is 0. The molecule has 3 rings (SSSR count). The Labute approximate surface area is 164 Å². The van der Waals surface area contributed by atoms with E-state index in [-0.39, 0.29) is 5.11 Å². The van der Waals surface area contributed by atoms with Crippen LogP contribution in [0.5, 0.6) is 11.5 Å². The van der Waals surface area contributed by atoms with E-state index in [2.05, 4.69) is 33.5 Å². The molecule has 6 nitrogen and oxygen atoms in total. The van der Waals surface area contributed by atoms with Crippen LogP contribution in [0.25, 0.3) is 0 Å². The zero-order valence-corrected chi connectivity index (χ0v) is 16.3. The van der Waals surface area contributed by atoms with Crippen LogP contribution in [0, 0.1) is 0 Å². The van der Waals surface area contributed by atoms with Crippen molar-refractivity contribution in [2.75, 3.05) is 37.1 Å². The molecule has 1 aliphatic heterocycles. The molecule has 4 N–H and O–H groups in total. The molecule has 0 amide bonds. The zero-order chi connectivity index (χ0) is 19.1. The van der Waals surface area contributed by atoms with E-state index in [9.17, 15) is 0 Å². The van der Waals surface area contributed by atoms with E-state index < -0.39 is 0 Å². The average molecular weight is 391 g/mol. The first-order valence-electron chi connectivity index (χ1n) is 7.88. The number of rotatable bonds is 4. The highest BCUT2D eigenvalue weighted by molar-refractivity contribution is 7.81. The first-order valence-corrected chi connectivity index (χ1v) is 8.70. The molecule has 8 heteroatoms. The molecular weight excluding hydrogens is 368 g/mol. The quantitative estimate of drug-likeness (QED) is 0.771. The maximum absolute atomic E-state index is 5.64. The van der Waals surface area contributed by atoms with Gasteiger partial charge >= 0.3 is 0 Å². The lowest BCUT2D eigenvalue weighted by molar-refractivity contribution is 0.414. The van der Waals surface area contributed by atoms with Crippen molar-refractivity contribution in [2.24, 2.45) is 11.5 Å². The summed E-state index contributed by atoms with van der Waals surface area (Å²) in [6.45, 7) is 1.74. The third-order valence-electron chi connectivity index (χ3n) is 3.78. The Morgan fingerprint density at radius 3 is 1.38 bits per heavy atom. The summed E-state index contributed by atoms with van der Waals surface area (Å²) in [7, 11) is 3.34. The van der Waals surface area contributed by atoms with Crippen molar-refractivity contribution in [1.29, 1.82) is 0 Å². The van der Waals surface area contributed by atoms with Crippen LogP contribution in [-0.4, -0.2) is 37.5 Å². The van der Waals surface area contributed by atoms with Crippen LogP contribution in [-0.2, 0) is 0 Å². The van der Waals surface area contributed by atoms with Crippen LogP contribution in [0.2, 0.25) is 0 Å². The second kappa shape index (κ2) is 9.21. The summed E-state index contributed by atoms with van der Waals surface area (Å²) < 4.78 is 10.4. The Hall–Kier alpha value is -2.58. The van der Waals surface area contributed by atoms with Crippen molar-refractivity contribution >= 4 is 46.0 Å². The summed E-state index contributed by atoms with van der Waals surface area (Å²) in [5, 5.41) is 0.815. The number of ether oxygens (including phenoxy) is 2. The molecule has 0 atom stereocenters. The van der Waals surface area contributed by atoms with Crippen molar-refractivity contribution in [2.45, 2.75) is 0 Å². The minimum absolute atomic E-state index is 0.000000000000000222. The fraction of sp³-hybridized carbons (Fsp3) is 0.222. The highest BCUT2D eigenvalue weighted by atomic mass is 32.1. The third kappa shape index (κ3) is 4.96. The molecule has 0 bridgehead atoms. The lowest BCUT2D eigenvalue weighted by atomic mass is 10.3. The van der Waals surface area contributed by atoms with Crippen molar-refractivity contribution < 1.29 is 9.47 Å². The Balaban J connectivity index is 0.000000552. The Morgan fingerprint density at radius 2 is 1.12 bits per heavy atom. The van der Waals surface area contributed by atoms with E-state index in [1.54, 1.807) is 14.2 Å². The lowest BCUT2D eigenvalue weighted by Gasteiger charge is -2.22. The number of hydrogen-bond acceptors (Lipinski definition) is 4. The van der Waals surface area contributed by atoms with E-state index in [4.69, 9.17) is 21.7 Å². The molecule has 1 heterocycles. The Bertz CT molecular complexity index is 689. The number of hydrogen-bond donors (Lipinski definition) is 2. The van der Waals surface area contributed by atoms with E-state index in [1.807, 2.05) is 48.5 Å². The van der Waals surface area contributed by atoms with E-state index in [0.29, 0.717) is 0 Å². The summed E-state index contributed by atoms with van der Waals surface area (Å²) in [5.74, 6) is 1.70. The van der Waals surface area contributed by atoms with Crippen molar-refractivity contribution in [3.05, 3.63) is 48.5 Å². The average Bonchev–Trinajstić information content (AvgIpc) is 3.03. The fourth-order valence-electron chi connectivity index (χ4n) is 2.54. The molecule has 138 valence electrons. The maximum atomic E-state index is 5.64. The predicted molar refractivity (Wildman–Crippen MR) is 114 cm³/mol. The highest BCUT2D eigenvalue weighted by Gasteiger charge is 2.27. The molecule has 0 aliphatic carbocycles. The van der Waals surface area contributed by atoms with Gasteiger partial charge in [-0.2, -0.15) is 0 Å². The zero-order valence-electron chi connectivity index (χ0n) is 14.7. The summed E-state index contributed by atoms with van der Waals surface area (Å²) >= 11 is 9.73. The van der Waals surface area contributed by atoms with Gasteiger partial charge < -0.3 is 30.7 Å². The molecule has 26 heavy (non-hydrogen) atoms. The molecule has 1 fully saturated rings. The number of benzene rings is 2. The normalized spacial score (nSPS) is 13.1. The van der Waals surface area contributed by atoms with E-state index in [1.165, 1.54) is 0 Å². The van der Waals surface area contributed by atoms with Gasteiger partial charge in [-0.15, -0.1) is 0 Å². The smallest absolute Gasteiger partial charge is 0.180 e.